The monoisotopic (exact) mass is 250 g/mol. The van der Waals surface area contributed by atoms with Crippen LogP contribution in [0.1, 0.15) is 56.8 Å². The minimum atomic E-state index is 0.294. The number of hydrogen-bond acceptors (Lipinski definition) is 4. The van der Waals surface area contributed by atoms with Crippen LogP contribution in [0.5, 0.6) is 0 Å². The SMILES string of the molecule is CC(NC1CCCCC1)c1cn(C2COC2)nn1. The number of hydrogen-bond donors (Lipinski definition) is 1. The quantitative estimate of drug-likeness (QED) is 0.886. The van der Waals surface area contributed by atoms with Crippen LogP contribution < -0.4 is 5.32 Å². The lowest BCUT2D eigenvalue weighted by Gasteiger charge is -2.26. The molecule has 1 atom stereocenters. The van der Waals surface area contributed by atoms with Crippen LogP contribution in [0.4, 0.5) is 0 Å². The molecule has 1 aliphatic carbocycles. The molecule has 1 unspecified atom stereocenters. The third kappa shape index (κ3) is 2.57. The maximum Gasteiger partial charge on any atom is 0.100 e. The average Bonchev–Trinajstić information content (AvgIpc) is 2.77. The maximum absolute atomic E-state index is 5.18. The zero-order chi connectivity index (χ0) is 12.4. The van der Waals surface area contributed by atoms with Crippen molar-refractivity contribution in [3.05, 3.63) is 11.9 Å². The minimum Gasteiger partial charge on any atom is -0.377 e. The Morgan fingerprint density at radius 3 is 2.78 bits per heavy atom. The van der Waals surface area contributed by atoms with Crippen molar-refractivity contribution in [2.45, 2.75) is 57.2 Å². The lowest BCUT2D eigenvalue weighted by atomic mass is 9.95. The van der Waals surface area contributed by atoms with Gasteiger partial charge in [-0.1, -0.05) is 24.5 Å². The molecule has 1 aliphatic heterocycles. The molecule has 0 aromatic carbocycles. The van der Waals surface area contributed by atoms with Gasteiger partial charge in [0.15, 0.2) is 0 Å². The van der Waals surface area contributed by atoms with Gasteiger partial charge in [0.1, 0.15) is 6.04 Å². The molecule has 2 heterocycles. The van der Waals surface area contributed by atoms with Gasteiger partial charge in [-0.2, -0.15) is 0 Å². The minimum absolute atomic E-state index is 0.294. The molecule has 0 spiro atoms. The lowest BCUT2D eigenvalue weighted by Crippen LogP contribution is -2.33. The first-order valence-electron chi connectivity index (χ1n) is 7.08. The smallest absolute Gasteiger partial charge is 0.100 e. The molecule has 2 aliphatic rings. The van der Waals surface area contributed by atoms with Gasteiger partial charge in [-0.25, -0.2) is 4.68 Å². The Balaban J connectivity index is 1.57. The summed E-state index contributed by atoms with van der Waals surface area (Å²) in [6, 6.07) is 1.35. The third-order valence-corrected chi connectivity index (χ3v) is 4.06. The first kappa shape index (κ1) is 12.1. The molecule has 1 N–H and O–H groups in total. The highest BCUT2D eigenvalue weighted by Gasteiger charge is 2.23. The Morgan fingerprint density at radius 2 is 2.11 bits per heavy atom. The van der Waals surface area contributed by atoms with E-state index in [1.54, 1.807) is 0 Å². The van der Waals surface area contributed by atoms with E-state index in [-0.39, 0.29) is 0 Å². The topological polar surface area (TPSA) is 52.0 Å². The largest absolute Gasteiger partial charge is 0.377 e. The van der Waals surface area contributed by atoms with Crippen molar-refractivity contribution < 1.29 is 4.74 Å². The van der Waals surface area contributed by atoms with Crippen LogP contribution in [0.3, 0.4) is 0 Å². The van der Waals surface area contributed by atoms with E-state index in [1.165, 1.54) is 32.1 Å². The maximum atomic E-state index is 5.18. The Bertz CT molecular complexity index is 382. The van der Waals surface area contributed by atoms with E-state index in [0.717, 1.165) is 18.9 Å². The fourth-order valence-corrected chi connectivity index (χ4v) is 2.75. The first-order valence-corrected chi connectivity index (χ1v) is 7.08. The Hall–Kier alpha value is -0.940. The molecule has 18 heavy (non-hydrogen) atoms. The molecule has 1 aromatic rings. The van der Waals surface area contributed by atoms with Crippen molar-refractivity contribution in [3.63, 3.8) is 0 Å². The summed E-state index contributed by atoms with van der Waals surface area (Å²) in [6.45, 7) is 3.72. The second-order valence-corrected chi connectivity index (χ2v) is 5.54. The summed E-state index contributed by atoms with van der Waals surface area (Å²) in [6.07, 6.45) is 8.77. The van der Waals surface area contributed by atoms with Gasteiger partial charge in [-0.05, 0) is 19.8 Å². The van der Waals surface area contributed by atoms with Gasteiger partial charge < -0.3 is 10.1 Å². The predicted molar refractivity (Wildman–Crippen MR) is 68.3 cm³/mol. The van der Waals surface area contributed by atoms with Crippen LogP contribution in [0.15, 0.2) is 6.20 Å². The molecular formula is C13H22N4O. The molecule has 2 fully saturated rings. The molecular weight excluding hydrogens is 228 g/mol. The van der Waals surface area contributed by atoms with E-state index in [9.17, 15) is 0 Å². The van der Waals surface area contributed by atoms with E-state index in [4.69, 9.17) is 4.74 Å². The molecule has 0 amide bonds. The normalized spacial score (nSPS) is 23.8. The van der Waals surface area contributed by atoms with Crippen LogP contribution in [0.2, 0.25) is 0 Å². The van der Waals surface area contributed by atoms with Gasteiger partial charge in [0.25, 0.3) is 0 Å². The summed E-state index contributed by atoms with van der Waals surface area (Å²) in [5.41, 5.74) is 1.05. The second kappa shape index (κ2) is 5.36. The lowest BCUT2D eigenvalue weighted by molar-refractivity contribution is -0.0294. The summed E-state index contributed by atoms with van der Waals surface area (Å²) in [5.74, 6) is 0. The summed E-state index contributed by atoms with van der Waals surface area (Å²) >= 11 is 0. The number of nitrogens with zero attached hydrogens (tertiary/aromatic N) is 3. The van der Waals surface area contributed by atoms with Crippen LogP contribution in [-0.2, 0) is 4.74 Å². The zero-order valence-electron chi connectivity index (χ0n) is 11.0. The molecule has 5 nitrogen and oxygen atoms in total. The molecule has 3 rings (SSSR count). The van der Waals surface area contributed by atoms with Crippen LogP contribution in [0, 0.1) is 0 Å². The van der Waals surface area contributed by atoms with E-state index in [2.05, 4.69) is 28.7 Å². The Labute approximate surface area is 108 Å². The molecule has 1 saturated heterocycles. The van der Waals surface area contributed by atoms with E-state index >= 15 is 0 Å². The van der Waals surface area contributed by atoms with Crippen molar-refractivity contribution >= 4 is 0 Å². The van der Waals surface area contributed by atoms with Gasteiger partial charge in [0, 0.05) is 6.04 Å². The van der Waals surface area contributed by atoms with Gasteiger partial charge >= 0.3 is 0 Å². The number of aromatic nitrogens is 3. The van der Waals surface area contributed by atoms with Gasteiger partial charge in [0.05, 0.1) is 31.1 Å². The van der Waals surface area contributed by atoms with E-state index < -0.39 is 0 Å². The van der Waals surface area contributed by atoms with Crippen molar-refractivity contribution in [1.29, 1.82) is 0 Å². The molecule has 0 radical (unpaired) electrons. The summed E-state index contributed by atoms with van der Waals surface area (Å²) in [4.78, 5) is 0. The van der Waals surface area contributed by atoms with Crippen molar-refractivity contribution in [3.8, 4) is 0 Å². The predicted octanol–water partition coefficient (Wildman–Crippen LogP) is 1.83. The standard InChI is InChI=1S/C13H22N4O/c1-10(14-11-5-3-2-4-6-11)13-7-17(16-15-13)12-8-18-9-12/h7,10-12,14H,2-6,8-9H2,1H3. The van der Waals surface area contributed by atoms with Crippen LogP contribution in [-0.4, -0.2) is 34.2 Å². The zero-order valence-corrected chi connectivity index (χ0v) is 11.0. The Morgan fingerprint density at radius 1 is 1.33 bits per heavy atom. The van der Waals surface area contributed by atoms with Crippen molar-refractivity contribution in [2.24, 2.45) is 0 Å². The third-order valence-electron chi connectivity index (χ3n) is 4.06. The van der Waals surface area contributed by atoms with Gasteiger partial charge in [-0.15, -0.1) is 5.10 Å². The second-order valence-electron chi connectivity index (χ2n) is 5.54. The highest BCUT2D eigenvalue weighted by molar-refractivity contribution is 5.01. The molecule has 1 aromatic heterocycles. The van der Waals surface area contributed by atoms with Crippen LogP contribution in [0.25, 0.3) is 0 Å². The van der Waals surface area contributed by atoms with Gasteiger partial charge in [0.2, 0.25) is 0 Å². The van der Waals surface area contributed by atoms with E-state index in [0.29, 0.717) is 18.1 Å². The molecule has 100 valence electrons. The summed E-state index contributed by atoms with van der Waals surface area (Å²) < 4.78 is 7.12. The van der Waals surface area contributed by atoms with Gasteiger partial charge in [-0.3, -0.25) is 0 Å². The molecule has 1 saturated carbocycles. The summed E-state index contributed by atoms with van der Waals surface area (Å²) in [7, 11) is 0. The first-order chi connectivity index (χ1) is 8.83. The fourth-order valence-electron chi connectivity index (χ4n) is 2.75. The number of ether oxygens (including phenoxy) is 1. The number of nitrogens with one attached hydrogen (secondary N) is 1. The Kier molecular flexibility index (Phi) is 3.61. The van der Waals surface area contributed by atoms with Crippen LogP contribution >= 0.6 is 0 Å². The van der Waals surface area contributed by atoms with E-state index in [1.807, 2.05) is 4.68 Å². The average molecular weight is 250 g/mol. The van der Waals surface area contributed by atoms with Crippen molar-refractivity contribution in [1.82, 2.24) is 20.3 Å². The van der Waals surface area contributed by atoms with Crippen molar-refractivity contribution in [2.75, 3.05) is 13.2 Å². The highest BCUT2D eigenvalue weighted by Crippen LogP contribution is 2.22. The summed E-state index contributed by atoms with van der Waals surface area (Å²) in [5, 5.41) is 12.2. The fraction of sp³-hybridized carbons (Fsp3) is 0.846. The molecule has 0 bridgehead atoms. The highest BCUT2D eigenvalue weighted by atomic mass is 16.5. The molecule has 5 heteroatoms. The number of rotatable bonds is 4.